The van der Waals surface area contributed by atoms with E-state index in [1.165, 1.54) is 4.88 Å². The van der Waals surface area contributed by atoms with E-state index in [9.17, 15) is 0 Å². The molecule has 0 aliphatic rings. The van der Waals surface area contributed by atoms with Crippen molar-refractivity contribution in [1.82, 2.24) is 10.4 Å². The third kappa shape index (κ3) is 2.46. The molecule has 2 rings (SSSR count). The highest BCUT2D eigenvalue weighted by Gasteiger charge is 2.18. The molecule has 0 fully saturated rings. The monoisotopic (exact) mass is 249 g/mol. The molecule has 0 amide bonds. The fourth-order valence-electron chi connectivity index (χ4n) is 1.77. The minimum Gasteiger partial charge on any atom is -0.481 e. The van der Waals surface area contributed by atoms with Crippen molar-refractivity contribution in [3.8, 4) is 5.88 Å². The molecule has 2 aromatic heterocycles. The van der Waals surface area contributed by atoms with Crippen molar-refractivity contribution < 1.29 is 4.74 Å². The quantitative estimate of drug-likeness (QED) is 0.643. The van der Waals surface area contributed by atoms with Gasteiger partial charge in [-0.25, -0.2) is 10.4 Å². The molecule has 0 aliphatic heterocycles. The normalized spacial score (nSPS) is 12.4. The summed E-state index contributed by atoms with van der Waals surface area (Å²) in [6, 6.07) is 5.86. The van der Waals surface area contributed by atoms with Crippen molar-refractivity contribution in [2.75, 3.05) is 7.11 Å². The van der Waals surface area contributed by atoms with Crippen molar-refractivity contribution in [2.24, 2.45) is 5.84 Å². The number of nitrogens with zero attached hydrogens (tertiary/aromatic N) is 1. The topological polar surface area (TPSA) is 60.2 Å². The van der Waals surface area contributed by atoms with Gasteiger partial charge in [-0.2, -0.15) is 0 Å². The second kappa shape index (κ2) is 5.27. The van der Waals surface area contributed by atoms with Crippen molar-refractivity contribution in [3.05, 3.63) is 45.8 Å². The average Bonchev–Trinajstić information content (AvgIpc) is 2.77. The number of nitrogens with two attached hydrogens (primary N) is 1. The number of thiophene rings is 1. The molecule has 2 aromatic rings. The Kier molecular flexibility index (Phi) is 3.73. The Balaban J connectivity index is 2.41. The second-order valence-corrected chi connectivity index (χ2v) is 4.81. The Morgan fingerprint density at radius 3 is 2.94 bits per heavy atom. The van der Waals surface area contributed by atoms with Gasteiger partial charge < -0.3 is 4.74 Å². The van der Waals surface area contributed by atoms with Crippen LogP contribution in [0.15, 0.2) is 29.8 Å². The number of aryl methyl sites for hydroxylation is 1. The molecule has 0 aliphatic carbocycles. The first-order valence-corrected chi connectivity index (χ1v) is 6.14. The maximum Gasteiger partial charge on any atom is 0.218 e. The third-order valence-corrected chi connectivity index (χ3v) is 3.44. The molecule has 4 nitrogen and oxygen atoms in total. The first-order valence-electron chi connectivity index (χ1n) is 5.26. The molecular weight excluding hydrogens is 234 g/mol. The summed E-state index contributed by atoms with van der Waals surface area (Å²) in [6.07, 6.45) is 1.70. The van der Waals surface area contributed by atoms with Gasteiger partial charge in [-0.05, 0) is 30.0 Å². The van der Waals surface area contributed by atoms with Crippen LogP contribution < -0.4 is 16.0 Å². The van der Waals surface area contributed by atoms with Crippen LogP contribution in [0, 0.1) is 6.92 Å². The van der Waals surface area contributed by atoms with Crippen molar-refractivity contribution >= 4 is 11.3 Å². The predicted molar refractivity (Wildman–Crippen MR) is 69.0 cm³/mol. The molecule has 2 heterocycles. The first kappa shape index (κ1) is 12.0. The molecule has 1 unspecified atom stereocenters. The largest absolute Gasteiger partial charge is 0.481 e. The Morgan fingerprint density at radius 2 is 2.35 bits per heavy atom. The van der Waals surface area contributed by atoms with Gasteiger partial charge in [0.15, 0.2) is 0 Å². The SMILES string of the molecule is COc1ncccc1C(NN)c1csc(C)c1. The Morgan fingerprint density at radius 1 is 1.53 bits per heavy atom. The van der Waals surface area contributed by atoms with Gasteiger partial charge in [0.25, 0.3) is 0 Å². The first-order chi connectivity index (χ1) is 8.26. The van der Waals surface area contributed by atoms with Gasteiger partial charge >= 0.3 is 0 Å². The number of methoxy groups -OCH3 is 1. The lowest BCUT2D eigenvalue weighted by atomic mass is 10.0. The molecule has 0 radical (unpaired) electrons. The van der Waals surface area contributed by atoms with Crippen LogP contribution in [-0.2, 0) is 0 Å². The van der Waals surface area contributed by atoms with Gasteiger partial charge in [-0.1, -0.05) is 6.07 Å². The average molecular weight is 249 g/mol. The highest BCUT2D eigenvalue weighted by atomic mass is 32.1. The standard InChI is InChI=1S/C12H15N3OS/c1-8-6-9(7-17-8)11(15-13)10-4-3-5-14-12(10)16-2/h3-7,11,15H,13H2,1-2H3. The van der Waals surface area contributed by atoms with Gasteiger partial charge in [0.1, 0.15) is 0 Å². The predicted octanol–water partition coefficient (Wildman–Crippen LogP) is 2.01. The smallest absolute Gasteiger partial charge is 0.218 e. The number of nitrogens with one attached hydrogen (secondary N) is 1. The zero-order chi connectivity index (χ0) is 12.3. The minimum atomic E-state index is -0.0939. The number of rotatable bonds is 4. The van der Waals surface area contributed by atoms with Crippen LogP contribution in [0.25, 0.3) is 0 Å². The summed E-state index contributed by atoms with van der Waals surface area (Å²) < 4.78 is 5.25. The van der Waals surface area contributed by atoms with Gasteiger partial charge in [0.2, 0.25) is 5.88 Å². The second-order valence-electron chi connectivity index (χ2n) is 3.69. The van der Waals surface area contributed by atoms with E-state index in [1.807, 2.05) is 12.1 Å². The summed E-state index contributed by atoms with van der Waals surface area (Å²) in [6.45, 7) is 2.07. The van der Waals surface area contributed by atoms with E-state index in [1.54, 1.807) is 24.6 Å². The Hall–Kier alpha value is -1.43. The van der Waals surface area contributed by atoms with Gasteiger partial charge in [0, 0.05) is 16.6 Å². The van der Waals surface area contributed by atoms with Crippen LogP contribution >= 0.6 is 11.3 Å². The van der Waals surface area contributed by atoms with Gasteiger partial charge in [-0.3, -0.25) is 5.84 Å². The van der Waals surface area contributed by atoms with E-state index in [0.29, 0.717) is 5.88 Å². The summed E-state index contributed by atoms with van der Waals surface area (Å²) in [4.78, 5) is 5.44. The van der Waals surface area contributed by atoms with Crippen LogP contribution in [0.4, 0.5) is 0 Å². The highest BCUT2D eigenvalue weighted by molar-refractivity contribution is 7.10. The molecule has 0 saturated carbocycles. The van der Waals surface area contributed by atoms with Crippen LogP contribution in [0.5, 0.6) is 5.88 Å². The van der Waals surface area contributed by atoms with Crippen molar-refractivity contribution in [3.63, 3.8) is 0 Å². The zero-order valence-corrected chi connectivity index (χ0v) is 10.6. The van der Waals surface area contributed by atoms with Crippen LogP contribution in [0.1, 0.15) is 22.0 Å². The van der Waals surface area contributed by atoms with E-state index >= 15 is 0 Å². The van der Waals surface area contributed by atoms with E-state index in [2.05, 4.69) is 28.8 Å². The van der Waals surface area contributed by atoms with Crippen molar-refractivity contribution in [2.45, 2.75) is 13.0 Å². The lowest BCUT2D eigenvalue weighted by Gasteiger charge is -2.17. The lowest BCUT2D eigenvalue weighted by molar-refractivity contribution is 0.387. The minimum absolute atomic E-state index is 0.0939. The summed E-state index contributed by atoms with van der Waals surface area (Å²) >= 11 is 1.70. The third-order valence-electron chi connectivity index (χ3n) is 2.56. The molecule has 17 heavy (non-hydrogen) atoms. The number of pyridine rings is 1. The molecule has 0 saturated heterocycles. The molecule has 90 valence electrons. The van der Waals surface area contributed by atoms with E-state index in [0.717, 1.165) is 11.1 Å². The fourth-order valence-corrected chi connectivity index (χ4v) is 2.50. The number of hydrogen-bond acceptors (Lipinski definition) is 5. The van der Waals surface area contributed by atoms with Gasteiger partial charge in [0.05, 0.1) is 13.2 Å². The molecule has 0 bridgehead atoms. The van der Waals surface area contributed by atoms with Gasteiger partial charge in [-0.15, -0.1) is 11.3 Å². The van der Waals surface area contributed by atoms with E-state index in [-0.39, 0.29) is 6.04 Å². The number of ether oxygens (including phenoxy) is 1. The molecule has 5 heteroatoms. The fraction of sp³-hybridized carbons (Fsp3) is 0.250. The summed E-state index contributed by atoms with van der Waals surface area (Å²) in [7, 11) is 1.61. The molecule has 3 N–H and O–H groups in total. The lowest BCUT2D eigenvalue weighted by Crippen LogP contribution is -2.29. The summed E-state index contributed by atoms with van der Waals surface area (Å²) in [5, 5.41) is 2.09. The summed E-state index contributed by atoms with van der Waals surface area (Å²) in [5.74, 6) is 6.24. The van der Waals surface area contributed by atoms with Crippen molar-refractivity contribution in [1.29, 1.82) is 0 Å². The van der Waals surface area contributed by atoms with E-state index in [4.69, 9.17) is 10.6 Å². The maximum absolute atomic E-state index is 5.64. The maximum atomic E-state index is 5.64. The molecule has 0 aromatic carbocycles. The Labute approximate surface area is 104 Å². The van der Waals surface area contributed by atoms with Crippen LogP contribution in [0.3, 0.4) is 0 Å². The zero-order valence-electron chi connectivity index (χ0n) is 9.81. The Bertz CT molecular complexity index is 498. The molecule has 1 atom stereocenters. The van der Waals surface area contributed by atoms with E-state index < -0.39 is 0 Å². The number of hydrogen-bond donors (Lipinski definition) is 2. The highest BCUT2D eigenvalue weighted by Crippen LogP contribution is 2.29. The van der Waals surface area contributed by atoms with Crippen LogP contribution in [0.2, 0.25) is 0 Å². The van der Waals surface area contributed by atoms with Crippen LogP contribution in [-0.4, -0.2) is 12.1 Å². The molecular formula is C12H15N3OS. The molecule has 0 spiro atoms. The number of aromatic nitrogens is 1. The number of hydrazine groups is 1. The summed E-state index contributed by atoms with van der Waals surface area (Å²) in [5.41, 5.74) is 4.88.